The number of benzene rings is 1. The number of anilines is 1. The van der Waals surface area contributed by atoms with E-state index < -0.39 is 6.10 Å². The van der Waals surface area contributed by atoms with Gasteiger partial charge in [-0.15, -0.1) is 0 Å². The van der Waals surface area contributed by atoms with Crippen molar-refractivity contribution in [2.45, 2.75) is 42.5 Å². The number of halogens is 1. The Morgan fingerprint density at radius 3 is 3.09 bits per heavy atom. The van der Waals surface area contributed by atoms with Gasteiger partial charge in [-0.3, -0.25) is 4.79 Å². The number of aliphatic hydroxyl groups is 1. The van der Waals surface area contributed by atoms with Gasteiger partial charge in [-0.05, 0) is 65.9 Å². The van der Waals surface area contributed by atoms with Crippen LogP contribution in [-0.2, 0) is 11.3 Å². The zero-order chi connectivity index (χ0) is 23.1. The summed E-state index contributed by atoms with van der Waals surface area (Å²) in [7, 11) is 0. The third kappa shape index (κ3) is 4.34. The highest BCUT2D eigenvalue weighted by Gasteiger charge is 2.28. The first-order valence-electron chi connectivity index (χ1n) is 10.8. The molecule has 1 fully saturated rings. The predicted molar refractivity (Wildman–Crippen MR) is 131 cm³/mol. The van der Waals surface area contributed by atoms with Gasteiger partial charge in [0.25, 0.3) is 5.91 Å². The number of fused-ring (bicyclic) bond motifs is 2. The predicted octanol–water partition coefficient (Wildman–Crippen LogP) is 4.29. The van der Waals surface area contributed by atoms with E-state index in [0.29, 0.717) is 30.3 Å². The molecule has 2 atom stereocenters. The van der Waals surface area contributed by atoms with Crippen LogP contribution in [0, 0.1) is 5.92 Å². The van der Waals surface area contributed by atoms with Crippen molar-refractivity contribution in [2.75, 3.05) is 18.8 Å². The van der Waals surface area contributed by atoms with Gasteiger partial charge in [0.15, 0.2) is 11.0 Å². The Kier molecular flexibility index (Phi) is 6.07. The number of aryl methyl sites for hydroxylation is 1. The fraction of sp³-hybridized carbons (Fsp3) is 0.348. The van der Waals surface area contributed by atoms with Crippen LogP contribution in [0.4, 0.5) is 5.82 Å². The topological polar surface area (TPSA) is 110 Å². The van der Waals surface area contributed by atoms with Crippen LogP contribution in [-0.4, -0.2) is 49.6 Å². The minimum absolute atomic E-state index is 0.196. The van der Waals surface area contributed by atoms with E-state index in [2.05, 4.69) is 25.5 Å². The molecule has 10 heteroatoms. The molecule has 1 unspecified atom stereocenters. The maximum absolute atomic E-state index is 12.1. The molecule has 5 rings (SSSR count). The second kappa shape index (κ2) is 9.00. The molecular formula is C23H24BrN5O3S. The number of carbonyl (C=O) groups is 1. The van der Waals surface area contributed by atoms with Crippen molar-refractivity contribution >= 4 is 61.4 Å². The van der Waals surface area contributed by atoms with Gasteiger partial charge in [-0.25, -0.2) is 9.97 Å². The first kappa shape index (κ1) is 22.2. The number of nitrogen functional groups attached to an aromatic ring is 1. The van der Waals surface area contributed by atoms with Crippen molar-refractivity contribution in [3.05, 3.63) is 41.2 Å². The van der Waals surface area contributed by atoms with Crippen LogP contribution >= 0.6 is 27.7 Å². The van der Waals surface area contributed by atoms with Crippen LogP contribution < -0.4 is 5.73 Å². The largest absolute Gasteiger partial charge is 0.464 e. The zero-order valence-electron chi connectivity index (χ0n) is 18.1. The van der Waals surface area contributed by atoms with Gasteiger partial charge in [-0.1, -0.05) is 11.8 Å². The number of pyridine rings is 1. The van der Waals surface area contributed by atoms with Gasteiger partial charge >= 0.3 is 0 Å². The molecule has 8 nitrogen and oxygen atoms in total. The SMILES string of the molecule is C[C@@H](O)C(=O)N1CCC(CCn2c(Sc3cc4occc4cc3Br)nc3c(N)nccc32)C1. The van der Waals surface area contributed by atoms with Gasteiger partial charge in [0.2, 0.25) is 0 Å². The highest BCUT2D eigenvalue weighted by molar-refractivity contribution is 9.10. The highest BCUT2D eigenvalue weighted by atomic mass is 79.9. The molecular weight excluding hydrogens is 506 g/mol. The Morgan fingerprint density at radius 2 is 2.27 bits per heavy atom. The van der Waals surface area contributed by atoms with Crippen LogP contribution in [0.1, 0.15) is 19.8 Å². The van der Waals surface area contributed by atoms with Gasteiger partial charge in [0, 0.05) is 40.6 Å². The number of likely N-dealkylation sites (tertiary alicyclic amines) is 1. The Balaban J connectivity index is 1.42. The Morgan fingerprint density at radius 1 is 1.42 bits per heavy atom. The molecule has 1 aliphatic heterocycles. The van der Waals surface area contributed by atoms with Crippen LogP contribution in [0.2, 0.25) is 0 Å². The number of imidazole rings is 1. The molecule has 0 radical (unpaired) electrons. The number of nitrogens with zero attached hydrogens (tertiary/aromatic N) is 4. The highest BCUT2D eigenvalue weighted by Crippen LogP contribution is 2.38. The van der Waals surface area contributed by atoms with Crippen molar-refractivity contribution in [1.29, 1.82) is 0 Å². The lowest BCUT2D eigenvalue weighted by atomic mass is 10.1. The molecule has 33 heavy (non-hydrogen) atoms. The van der Waals surface area contributed by atoms with E-state index in [1.165, 1.54) is 6.92 Å². The molecule has 1 saturated heterocycles. The summed E-state index contributed by atoms with van der Waals surface area (Å²) in [5.41, 5.74) is 8.58. The van der Waals surface area contributed by atoms with E-state index in [9.17, 15) is 9.90 Å². The normalized spacial score (nSPS) is 17.3. The summed E-state index contributed by atoms with van der Waals surface area (Å²) in [6.45, 7) is 3.62. The van der Waals surface area contributed by atoms with Gasteiger partial charge in [0.05, 0.1) is 11.8 Å². The molecule has 3 aromatic heterocycles. The van der Waals surface area contributed by atoms with E-state index in [1.54, 1.807) is 29.1 Å². The fourth-order valence-electron chi connectivity index (χ4n) is 4.33. The van der Waals surface area contributed by atoms with E-state index in [1.807, 2.05) is 24.3 Å². The minimum atomic E-state index is -0.954. The molecule has 1 aliphatic rings. The lowest BCUT2D eigenvalue weighted by Gasteiger charge is -2.18. The zero-order valence-corrected chi connectivity index (χ0v) is 20.5. The molecule has 3 N–H and O–H groups in total. The first-order chi connectivity index (χ1) is 15.9. The lowest BCUT2D eigenvalue weighted by molar-refractivity contribution is -0.138. The van der Waals surface area contributed by atoms with Gasteiger partial charge < -0.3 is 24.7 Å². The summed E-state index contributed by atoms with van der Waals surface area (Å²) in [5.74, 6) is 0.579. The standard InChI is InChI=1S/C23H24BrN5O3S/c1-13(30)22(31)28-7-3-14(12-28)4-8-29-17-2-6-26-21(25)20(17)27-23(29)33-19-11-18-15(5-9-32-18)10-16(19)24/h2,5-6,9-11,13-14,30H,3-4,7-8,12H2,1H3,(H2,25,26)/t13-,14?/m1/s1. The molecule has 1 aromatic carbocycles. The Bertz CT molecular complexity index is 1330. The van der Waals surface area contributed by atoms with Crippen LogP contribution in [0.5, 0.6) is 0 Å². The maximum Gasteiger partial charge on any atom is 0.251 e. The summed E-state index contributed by atoms with van der Waals surface area (Å²) in [4.78, 5) is 23.9. The first-order valence-corrected chi connectivity index (χ1v) is 12.4. The van der Waals surface area contributed by atoms with Crippen LogP contribution in [0.25, 0.3) is 22.0 Å². The monoisotopic (exact) mass is 529 g/mol. The fourth-order valence-corrected chi connectivity index (χ4v) is 5.89. The molecule has 4 aromatic rings. The Labute approximate surface area is 203 Å². The number of rotatable bonds is 6. The summed E-state index contributed by atoms with van der Waals surface area (Å²) in [6.07, 6.45) is 4.25. The smallest absolute Gasteiger partial charge is 0.251 e. The maximum atomic E-state index is 12.1. The van der Waals surface area contributed by atoms with Crippen molar-refractivity contribution in [2.24, 2.45) is 5.92 Å². The van der Waals surface area contributed by atoms with Gasteiger partial charge in [-0.2, -0.15) is 0 Å². The number of aliphatic hydroxyl groups excluding tert-OH is 1. The summed E-state index contributed by atoms with van der Waals surface area (Å²) in [5, 5.41) is 11.5. The molecule has 1 amide bonds. The number of amides is 1. The lowest BCUT2D eigenvalue weighted by Crippen LogP contribution is -2.36. The molecule has 0 aliphatic carbocycles. The van der Waals surface area contributed by atoms with Crippen molar-refractivity contribution < 1.29 is 14.3 Å². The number of hydrogen-bond acceptors (Lipinski definition) is 7. The van der Waals surface area contributed by atoms with Crippen LogP contribution in [0.15, 0.2) is 55.7 Å². The average molecular weight is 530 g/mol. The molecule has 0 saturated carbocycles. The average Bonchev–Trinajstić information content (AvgIpc) is 3.51. The second-order valence-corrected chi connectivity index (χ2v) is 10.2. The van der Waals surface area contributed by atoms with E-state index in [0.717, 1.165) is 50.4 Å². The second-order valence-electron chi connectivity index (χ2n) is 8.36. The molecule has 4 heterocycles. The molecule has 0 spiro atoms. The van der Waals surface area contributed by atoms with Crippen molar-refractivity contribution in [3.8, 4) is 0 Å². The number of hydrogen-bond donors (Lipinski definition) is 2. The van der Waals surface area contributed by atoms with Gasteiger partial charge in [0.1, 0.15) is 17.2 Å². The molecule has 0 bridgehead atoms. The van der Waals surface area contributed by atoms with Crippen LogP contribution in [0.3, 0.4) is 0 Å². The van der Waals surface area contributed by atoms with E-state index in [-0.39, 0.29) is 5.91 Å². The number of aromatic nitrogens is 3. The van der Waals surface area contributed by atoms with Crippen molar-refractivity contribution in [3.63, 3.8) is 0 Å². The quantitative estimate of drug-likeness (QED) is 0.383. The third-order valence-corrected chi connectivity index (χ3v) is 8.05. The number of furan rings is 1. The molecule has 172 valence electrons. The number of nitrogens with two attached hydrogens (primary N) is 1. The summed E-state index contributed by atoms with van der Waals surface area (Å²) in [6, 6.07) is 7.91. The van der Waals surface area contributed by atoms with E-state index in [4.69, 9.17) is 15.1 Å². The van der Waals surface area contributed by atoms with Crippen molar-refractivity contribution in [1.82, 2.24) is 19.4 Å². The third-order valence-electron chi connectivity index (χ3n) is 6.08. The number of carbonyl (C=O) groups excluding carboxylic acids is 1. The summed E-state index contributed by atoms with van der Waals surface area (Å²) >= 11 is 5.22. The Hall–Kier alpha value is -2.56. The minimum Gasteiger partial charge on any atom is -0.464 e. The summed E-state index contributed by atoms with van der Waals surface area (Å²) < 4.78 is 8.72. The van der Waals surface area contributed by atoms with E-state index >= 15 is 0 Å².